The molecule has 9 heteroatoms. The van der Waals surface area contributed by atoms with Gasteiger partial charge >= 0.3 is 0 Å². The van der Waals surface area contributed by atoms with Gasteiger partial charge in [0.25, 0.3) is 7.82 Å². The van der Waals surface area contributed by atoms with Crippen LogP contribution in [0.1, 0.15) is 316 Å². The molecule has 0 aliphatic rings. The van der Waals surface area contributed by atoms with Gasteiger partial charge in [-0.05, 0) is 83.5 Å². The molecule has 0 rings (SSSR count). The van der Waals surface area contributed by atoms with E-state index in [-0.39, 0.29) is 19.1 Å². The van der Waals surface area contributed by atoms with Crippen LogP contribution in [-0.4, -0.2) is 68.5 Å². The molecular weight excluding hydrogens is 1070 g/mol. The van der Waals surface area contributed by atoms with Crippen molar-refractivity contribution in [3.8, 4) is 0 Å². The van der Waals surface area contributed by atoms with Gasteiger partial charge in [-0.25, -0.2) is 0 Å². The largest absolute Gasteiger partial charge is 0.756 e. The number of carbonyl (C=O) groups excluding carboxylic acids is 1. The molecule has 85 heavy (non-hydrogen) atoms. The summed E-state index contributed by atoms with van der Waals surface area (Å²) in [5.41, 5.74) is 0. The Bertz CT molecular complexity index is 1760. The highest BCUT2D eigenvalue weighted by atomic mass is 31.2. The normalized spacial score (nSPS) is 14.3. The Hall–Kier alpha value is -2.84. The van der Waals surface area contributed by atoms with Gasteiger partial charge in [0.15, 0.2) is 0 Å². The third-order valence-corrected chi connectivity index (χ3v) is 16.7. The van der Waals surface area contributed by atoms with E-state index in [1.54, 1.807) is 0 Å². The van der Waals surface area contributed by atoms with Gasteiger partial charge in [0.2, 0.25) is 5.91 Å². The number of phosphoric ester groups is 1. The van der Waals surface area contributed by atoms with Crippen LogP contribution in [0.25, 0.3) is 0 Å². The lowest BCUT2D eigenvalue weighted by Crippen LogP contribution is -2.46. The minimum absolute atomic E-state index is 0.00919. The first kappa shape index (κ1) is 82.2. The number of nitrogens with zero attached hydrogens (tertiary/aromatic N) is 1. The lowest BCUT2D eigenvalue weighted by Gasteiger charge is -2.30. The molecule has 0 heterocycles. The number of aliphatic hydroxyl groups is 1. The van der Waals surface area contributed by atoms with Crippen molar-refractivity contribution in [3.05, 3.63) is 109 Å². The lowest BCUT2D eigenvalue weighted by molar-refractivity contribution is -0.870. The molecule has 0 aliphatic carbocycles. The van der Waals surface area contributed by atoms with E-state index in [1.807, 2.05) is 21.1 Å². The standard InChI is InChI=1S/C76H137N2O6P/c1-6-8-10-12-14-16-18-20-22-24-26-28-30-31-32-33-34-35-36-37-38-39-40-41-42-43-44-45-46-47-48-50-52-54-56-58-60-62-64-66-68-70-76(80)77-74(73-84-85(81,82)83-72-71-78(3,4)5)75(79)69-67-65-63-61-59-57-55-53-51-49-29-27-25-23-21-19-17-15-13-11-9-7-2/h8,10,14,16,20,22,26,28,31-32,34-35,37-38,40-41,43-44,74-75,79H,6-7,9,11-13,15,17-19,21,23-25,27,29-30,33,36,39,42,45-73H2,1-5H3,(H-,77,80,81,82)/b10-8-,16-14-,22-20-,28-26-,32-31-,35-34-,38-37-,41-40-,44-43-. The minimum Gasteiger partial charge on any atom is -0.756 e. The summed E-state index contributed by atoms with van der Waals surface area (Å²) >= 11 is 0. The fourth-order valence-electron chi connectivity index (χ4n) is 10.3. The van der Waals surface area contributed by atoms with Crippen LogP contribution >= 0.6 is 7.82 Å². The van der Waals surface area contributed by atoms with Crippen molar-refractivity contribution in [1.29, 1.82) is 0 Å². The van der Waals surface area contributed by atoms with E-state index < -0.39 is 20.0 Å². The van der Waals surface area contributed by atoms with Crippen LogP contribution in [0.4, 0.5) is 0 Å². The second-order valence-electron chi connectivity index (χ2n) is 25.2. The van der Waals surface area contributed by atoms with Gasteiger partial charge in [0.05, 0.1) is 39.9 Å². The van der Waals surface area contributed by atoms with E-state index in [2.05, 4.69) is 129 Å². The Morgan fingerprint density at radius 2 is 0.718 bits per heavy atom. The molecule has 1 amide bonds. The van der Waals surface area contributed by atoms with Crippen molar-refractivity contribution < 1.29 is 32.9 Å². The predicted molar refractivity (Wildman–Crippen MR) is 371 cm³/mol. The van der Waals surface area contributed by atoms with Crippen molar-refractivity contribution in [1.82, 2.24) is 5.32 Å². The molecule has 0 saturated heterocycles. The average Bonchev–Trinajstić information content (AvgIpc) is 3.48. The zero-order chi connectivity index (χ0) is 61.9. The van der Waals surface area contributed by atoms with Crippen LogP contribution in [0.15, 0.2) is 109 Å². The molecule has 2 N–H and O–H groups in total. The Kier molecular flexibility index (Phi) is 63.4. The summed E-state index contributed by atoms with van der Waals surface area (Å²) in [4.78, 5) is 25.7. The van der Waals surface area contributed by atoms with Crippen molar-refractivity contribution in [3.63, 3.8) is 0 Å². The van der Waals surface area contributed by atoms with Gasteiger partial charge in [-0.3, -0.25) is 9.36 Å². The number of allylic oxidation sites excluding steroid dienone is 18. The Balaban J connectivity index is 4.03. The Morgan fingerprint density at radius 1 is 0.424 bits per heavy atom. The number of unbranched alkanes of at least 4 members (excludes halogenated alkanes) is 34. The summed E-state index contributed by atoms with van der Waals surface area (Å²) < 4.78 is 23.5. The molecule has 0 bridgehead atoms. The predicted octanol–water partition coefficient (Wildman–Crippen LogP) is 22.4. The van der Waals surface area contributed by atoms with E-state index >= 15 is 0 Å². The van der Waals surface area contributed by atoms with Crippen LogP contribution in [0.2, 0.25) is 0 Å². The van der Waals surface area contributed by atoms with Gasteiger partial charge in [-0.2, -0.15) is 0 Å². The summed E-state index contributed by atoms with van der Waals surface area (Å²) in [5, 5.41) is 14.1. The highest BCUT2D eigenvalue weighted by Crippen LogP contribution is 2.38. The van der Waals surface area contributed by atoms with E-state index in [9.17, 15) is 19.4 Å². The van der Waals surface area contributed by atoms with Crippen LogP contribution < -0.4 is 10.2 Å². The fraction of sp³-hybridized carbons (Fsp3) is 0.750. The first-order valence-electron chi connectivity index (χ1n) is 35.7. The molecule has 0 aromatic carbocycles. The second kappa shape index (κ2) is 65.6. The number of likely N-dealkylation sites (N-methyl/N-ethyl adjacent to an activating group) is 1. The number of quaternary nitrogens is 1. The van der Waals surface area contributed by atoms with Gasteiger partial charge in [-0.15, -0.1) is 0 Å². The number of nitrogens with one attached hydrogen (secondary N) is 1. The number of aliphatic hydroxyl groups excluding tert-OH is 1. The maximum absolute atomic E-state index is 13.1. The maximum atomic E-state index is 13.1. The highest BCUT2D eigenvalue weighted by molar-refractivity contribution is 7.45. The molecule has 0 saturated carbocycles. The summed E-state index contributed by atoms with van der Waals surface area (Å²) in [5.74, 6) is -0.166. The number of amides is 1. The van der Waals surface area contributed by atoms with Crippen LogP contribution in [-0.2, 0) is 18.4 Å². The lowest BCUT2D eigenvalue weighted by atomic mass is 10.0. The van der Waals surface area contributed by atoms with E-state index in [4.69, 9.17) is 9.05 Å². The summed E-state index contributed by atoms with van der Waals surface area (Å²) in [6, 6.07) is -0.808. The quantitative estimate of drug-likeness (QED) is 0.0272. The van der Waals surface area contributed by atoms with Gasteiger partial charge in [-0.1, -0.05) is 335 Å². The zero-order valence-electron chi connectivity index (χ0n) is 56.3. The van der Waals surface area contributed by atoms with Crippen molar-refractivity contribution in [2.24, 2.45) is 0 Å². The van der Waals surface area contributed by atoms with Gasteiger partial charge in [0, 0.05) is 6.42 Å². The number of hydrogen-bond donors (Lipinski definition) is 2. The Labute approximate surface area is 527 Å². The second-order valence-corrected chi connectivity index (χ2v) is 26.6. The van der Waals surface area contributed by atoms with Crippen molar-refractivity contribution in [2.75, 3.05) is 40.9 Å². The van der Waals surface area contributed by atoms with E-state index in [0.717, 1.165) is 96.3 Å². The molecule has 0 radical (unpaired) electrons. The molecular formula is C76H137N2O6P. The monoisotopic (exact) mass is 1210 g/mol. The van der Waals surface area contributed by atoms with Gasteiger partial charge < -0.3 is 28.8 Å². The van der Waals surface area contributed by atoms with Gasteiger partial charge in [0.1, 0.15) is 13.2 Å². The SMILES string of the molecule is CC/C=C\C/C=C\C/C=C\C/C=C\C/C=C\C/C=C\C/C=C\C/C=C\C/C=C\CCCCCCCCCCCCCCCC(=O)NC(COP(=O)([O-])OCC[N+](C)(C)C)C(O)CCCCCCCCCCCCCCCCCCCCCCCC. The summed E-state index contributed by atoms with van der Waals surface area (Å²) in [7, 11) is 1.30. The molecule has 0 spiro atoms. The van der Waals surface area contributed by atoms with Crippen LogP contribution in [0.3, 0.4) is 0 Å². The third kappa shape index (κ3) is 68.5. The van der Waals surface area contributed by atoms with E-state index in [1.165, 1.54) is 193 Å². The first-order valence-corrected chi connectivity index (χ1v) is 37.2. The fourth-order valence-corrected chi connectivity index (χ4v) is 11.0. The highest BCUT2D eigenvalue weighted by Gasteiger charge is 2.24. The van der Waals surface area contributed by atoms with Crippen molar-refractivity contribution in [2.45, 2.75) is 328 Å². The molecule has 492 valence electrons. The first-order chi connectivity index (χ1) is 41.5. The maximum Gasteiger partial charge on any atom is 0.268 e. The molecule has 0 fully saturated rings. The Morgan fingerprint density at radius 3 is 1.05 bits per heavy atom. The number of carbonyl (C=O) groups is 1. The number of hydrogen-bond acceptors (Lipinski definition) is 6. The number of phosphoric acid groups is 1. The summed E-state index contributed by atoms with van der Waals surface area (Å²) in [6.07, 6.45) is 95.9. The molecule has 3 unspecified atom stereocenters. The smallest absolute Gasteiger partial charge is 0.268 e. The van der Waals surface area contributed by atoms with E-state index in [0.29, 0.717) is 23.9 Å². The minimum atomic E-state index is -4.59. The molecule has 0 aromatic heterocycles. The summed E-state index contributed by atoms with van der Waals surface area (Å²) in [6.45, 7) is 4.64. The third-order valence-electron chi connectivity index (χ3n) is 15.8. The van der Waals surface area contributed by atoms with Crippen molar-refractivity contribution >= 4 is 13.7 Å². The van der Waals surface area contributed by atoms with Crippen LogP contribution in [0.5, 0.6) is 0 Å². The zero-order valence-corrected chi connectivity index (χ0v) is 57.2. The molecule has 8 nitrogen and oxygen atoms in total. The average molecular weight is 1210 g/mol. The van der Waals surface area contributed by atoms with Crippen LogP contribution in [0, 0.1) is 0 Å². The molecule has 0 aromatic rings. The topological polar surface area (TPSA) is 108 Å². The molecule has 3 atom stereocenters. The number of rotatable bonds is 65. The molecule has 0 aliphatic heterocycles.